The van der Waals surface area contributed by atoms with E-state index in [0.717, 1.165) is 16.9 Å². The molecular formula is C22H19Cl2N3O5S2. The molecule has 1 aromatic heterocycles. The van der Waals surface area contributed by atoms with Gasteiger partial charge < -0.3 is 15.1 Å². The summed E-state index contributed by atoms with van der Waals surface area (Å²) < 4.78 is 0. The van der Waals surface area contributed by atoms with Crippen LogP contribution in [0.4, 0.5) is 0 Å². The molecule has 0 bridgehead atoms. The van der Waals surface area contributed by atoms with Gasteiger partial charge in [-0.15, -0.1) is 23.1 Å². The van der Waals surface area contributed by atoms with E-state index in [4.69, 9.17) is 23.2 Å². The van der Waals surface area contributed by atoms with E-state index in [-0.39, 0.29) is 29.7 Å². The van der Waals surface area contributed by atoms with Crippen molar-refractivity contribution in [3.8, 4) is 0 Å². The van der Waals surface area contributed by atoms with Gasteiger partial charge in [0.05, 0.1) is 43.0 Å². The normalized spacial score (nSPS) is 22.8. The van der Waals surface area contributed by atoms with E-state index < -0.39 is 23.4 Å². The van der Waals surface area contributed by atoms with E-state index in [1.807, 2.05) is 0 Å². The molecule has 2 amide bonds. The number of hydrazone groups is 1. The highest BCUT2D eigenvalue weighted by molar-refractivity contribution is 8.03. The monoisotopic (exact) mass is 539 g/mol. The van der Waals surface area contributed by atoms with E-state index in [9.17, 15) is 24.6 Å². The summed E-state index contributed by atoms with van der Waals surface area (Å²) in [5, 5.41) is 25.3. The van der Waals surface area contributed by atoms with Crippen molar-refractivity contribution in [2.45, 2.75) is 24.4 Å². The first-order valence-electron chi connectivity index (χ1n) is 10.1. The topological polar surface area (TPSA) is 119 Å². The van der Waals surface area contributed by atoms with Crippen molar-refractivity contribution in [1.82, 2.24) is 10.3 Å². The first kappa shape index (κ1) is 24.9. The number of benzene rings is 1. The number of carbonyl (C=O) groups is 3. The second kappa shape index (κ2) is 10.2. The highest BCUT2D eigenvalue weighted by atomic mass is 35.5. The Morgan fingerprint density at radius 2 is 1.76 bits per heavy atom. The molecule has 0 radical (unpaired) electrons. The molecule has 3 unspecified atom stereocenters. The molecule has 3 N–H and O–H groups in total. The Morgan fingerprint density at radius 3 is 2.44 bits per heavy atom. The Bertz CT molecular complexity index is 1220. The third kappa shape index (κ3) is 5.07. The fraction of sp³-hybridized carbons (Fsp3) is 0.273. The molecule has 2 aliphatic rings. The van der Waals surface area contributed by atoms with Crippen LogP contribution >= 0.6 is 46.3 Å². The Hall–Kier alpha value is -2.21. The highest BCUT2D eigenvalue weighted by Gasteiger charge is 2.34. The molecule has 4 rings (SSSR count). The maximum Gasteiger partial charge on any atom is 0.281 e. The van der Waals surface area contributed by atoms with Gasteiger partial charge in [0.1, 0.15) is 0 Å². The summed E-state index contributed by atoms with van der Waals surface area (Å²) in [6, 6.07) is 8.05. The van der Waals surface area contributed by atoms with Crippen molar-refractivity contribution in [2.75, 3.05) is 13.1 Å². The zero-order chi connectivity index (χ0) is 24.6. The molecule has 1 aromatic carbocycles. The average molecular weight is 540 g/mol. The zero-order valence-electron chi connectivity index (χ0n) is 17.7. The number of nitrogens with zero attached hydrogens (tertiary/aromatic N) is 2. The number of amides is 2. The summed E-state index contributed by atoms with van der Waals surface area (Å²) in [5.41, 5.74) is 3.87. The van der Waals surface area contributed by atoms with Gasteiger partial charge in [-0.1, -0.05) is 29.3 Å². The van der Waals surface area contributed by atoms with Gasteiger partial charge in [0.15, 0.2) is 5.78 Å². The van der Waals surface area contributed by atoms with Gasteiger partial charge in [-0.3, -0.25) is 14.4 Å². The third-order valence-corrected chi connectivity index (χ3v) is 8.31. The number of halogens is 2. The Kier molecular flexibility index (Phi) is 7.46. The molecule has 1 fully saturated rings. The summed E-state index contributed by atoms with van der Waals surface area (Å²) >= 11 is 14.3. The van der Waals surface area contributed by atoms with Gasteiger partial charge in [0.25, 0.3) is 11.8 Å². The van der Waals surface area contributed by atoms with Crippen molar-refractivity contribution < 1.29 is 24.6 Å². The van der Waals surface area contributed by atoms with E-state index in [1.165, 1.54) is 28.8 Å². The lowest BCUT2D eigenvalue weighted by Crippen LogP contribution is -2.29. The summed E-state index contributed by atoms with van der Waals surface area (Å²) in [6.07, 6.45) is -1.96. The summed E-state index contributed by atoms with van der Waals surface area (Å²) in [5.74, 6) is -1.05. The van der Waals surface area contributed by atoms with Crippen LogP contribution < -0.4 is 5.43 Å². The highest BCUT2D eigenvalue weighted by Crippen LogP contribution is 2.41. The molecular weight excluding hydrogens is 521 g/mol. The number of thiophene rings is 1. The van der Waals surface area contributed by atoms with Gasteiger partial charge in [-0.2, -0.15) is 5.10 Å². The van der Waals surface area contributed by atoms with Crippen LogP contribution in [0.1, 0.15) is 37.1 Å². The van der Waals surface area contributed by atoms with E-state index >= 15 is 0 Å². The molecule has 2 aromatic rings. The van der Waals surface area contributed by atoms with Crippen LogP contribution in [0.5, 0.6) is 0 Å². The second-order valence-electron chi connectivity index (χ2n) is 7.73. The number of β-amino-alcohol motifs (C(OH)–C–C–N with tert-alkyl or cyclic N) is 2. The summed E-state index contributed by atoms with van der Waals surface area (Å²) in [6.45, 7) is 1.69. The zero-order valence-corrected chi connectivity index (χ0v) is 20.8. The van der Waals surface area contributed by atoms with E-state index in [0.29, 0.717) is 26.2 Å². The molecule has 0 spiro atoms. The van der Waals surface area contributed by atoms with Gasteiger partial charge in [-0.05, 0) is 42.2 Å². The van der Waals surface area contributed by atoms with Crippen molar-refractivity contribution in [3.63, 3.8) is 0 Å². The van der Waals surface area contributed by atoms with Crippen LogP contribution in [0.25, 0.3) is 0 Å². The predicted octanol–water partition coefficient (Wildman–Crippen LogP) is 3.28. The lowest BCUT2D eigenvalue weighted by Gasteiger charge is -2.13. The number of hydrogen-bond donors (Lipinski definition) is 3. The van der Waals surface area contributed by atoms with Gasteiger partial charge in [-0.25, -0.2) is 5.43 Å². The largest absolute Gasteiger partial charge is 0.388 e. The number of rotatable bonds is 5. The maximum absolute atomic E-state index is 12.9. The molecule has 2 aliphatic heterocycles. The number of allylic oxidation sites excluding steroid dienone is 1. The Morgan fingerprint density at radius 1 is 1.09 bits per heavy atom. The van der Waals surface area contributed by atoms with Crippen molar-refractivity contribution in [1.29, 1.82) is 0 Å². The predicted molar refractivity (Wildman–Crippen MR) is 133 cm³/mol. The van der Waals surface area contributed by atoms with Crippen LogP contribution in [0.3, 0.4) is 0 Å². The molecule has 3 atom stereocenters. The molecule has 0 saturated carbocycles. The fourth-order valence-electron chi connectivity index (χ4n) is 3.48. The number of hydrogen-bond acceptors (Lipinski definition) is 8. The number of aliphatic hydroxyl groups is 2. The number of likely N-dealkylation sites (tertiary alicyclic amines) is 1. The molecule has 34 heavy (non-hydrogen) atoms. The first-order chi connectivity index (χ1) is 16.2. The van der Waals surface area contributed by atoms with Crippen LogP contribution in [-0.2, 0) is 4.79 Å². The van der Waals surface area contributed by atoms with Crippen LogP contribution in [-0.4, -0.2) is 63.7 Å². The minimum atomic E-state index is -0.981. The van der Waals surface area contributed by atoms with Crippen molar-refractivity contribution in [3.05, 3.63) is 66.7 Å². The third-order valence-electron chi connectivity index (χ3n) is 5.37. The standard InChI is InChI=1S/C22H19Cl2N3O5S2/c1-10(12-9-33-20(19(12)30)11-2-3-13(23)14(24)6-11)25-26-21(31)17-4-5-18(34-17)22(32)27-7-15(28)16(29)8-27/h2-6,9,15-16,20,28-29H,7-8H2,1H3,(H,26,31)/b25-10+. The molecule has 0 aliphatic carbocycles. The van der Waals surface area contributed by atoms with E-state index in [1.54, 1.807) is 30.5 Å². The van der Waals surface area contributed by atoms with Gasteiger partial charge in [0.2, 0.25) is 0 Å². The summed E-state index contributed by atoms with van der Waals surface area (Å²) in [4.78, 5) is 39.8. The number of Topliss-reactive ketones (excluding diaryl/α,β-unsaturated/α-hetero) is 1. The number of carbonyl (C=O) groups excluding carboxylic acids is 3. The maximum atomic E-state index is 12.9. The smallest absolute Gasteiger partial charge is 0.281 e. The minimum absolute atomic E-state index is 0.0350. The Labute approximate surface area is 213 Å². The quantitative estimate of drug-likeness (QED) is 0.396. The number of thioether (sulfide) groups is 1. The van der Waals surface area contributed by atoms with Crippen LogP contribution in [0.15, 0.2) is 46.4 Å². The summed E-state index contributed by atoms with van der Waals surface area (Å²) in [7, 11) is 0. The van der Waals surface area contributed by atoms with Crippen LogP contribution in [0, 0.1) is 0 Å². The average Bonchev–Trinajstić information content (AvgIpc) is 3.53. The van der Waals surface area contributed by atoms with Crippen LogP contribution in [0.2, 0.25) is 10.0 Å². The number of aliphatic hydroxyl groups excluding tert-OH is 2. The van der Waals surface area contributed by atoms with Crippen molar-refractivity contribution in [2.24, 2.45) is 5.10 Å². The van der Waals surface area contributed by atoms with Gasteiger partial charge in [0, 0.05) is 18.7 Å². The molecule has 178 valence electrons. The molecule has 12 heteroatoms. The lowest BCUT2D eigenvalue weighted by molar-refractivity contribution is -0.114. The number of ketones is 1. The van der Waals surface area contributed by atoms with Gasteiger partial charge >= 0.3 is 0 Å². The SMILES string of the molecule is C/C(=N\NC(=O)c1ccc(C(=O)N2CC(O)C(O)C2)s1)C1=CSC(c2ccc(Cl)c(Cl)c2)C1=O. The molecule has 3 heterocycles. The molecule has 8 nitrogen and oxygen atoms in total. The van der Waals surface area contributed by atoms with E-state index in [2.05, 4.69) is 10.5 Å². The second-order valence-corrected chi connectivity index (χ2v) is 10.6. The Balaban J connectivity index is 1.38. The minimum Gasteiger partial charge on any atom is -0.388 e. The number of nitrogens with one attached hydrogen (secondary N) is 1. The first-order valence-corrected chi connectivity index (χ1v) is 12.6. The molecule has 1 saturated heterocycles. The van der Waals surface area contributed by atoms with Crippen molar-refractivity contribution >= 4 is 69.6 Å². The lowest BCUT2D eigenvalue weighted by atomic mass is 10.0. The fourth-order valence-corrected chi connectivity index (χ4v) is 5.77.